The Hall–Kier alpha value is -1.65. The minimum Gasteiger partial charge on any atom is -0.463 e. The van der Waals surface area contributed by atoms with Crippen molar-refractivity contribution in [2.24, 2.45) is 11.8 Å². The van der Waals surface area contributed by atoms with Crippen LogP contribution in [0.1, 0.15) is 24.0 Å². The predicted octanol–water partition coefficient (Wildman–Crippen LogP) is 1.33. The molecule has 1 aliphatic carbocycles. The normalized spacial score (nSPS) is 22.6. The van der Waals surface area contributed by atoms with Gasteiger partial charge in [0, 0.05) is 12.7 Å². The summed E-state index contributed by atoms with van der Waals surface area (Å²) >= 11 is 0. The first kappa shape index (κ1) is 10.9. The summed E-state index contributed by atoms with van der Waals surface area (Å²) in [6.45, 7) is 3.13. The van der Waals surface area contributed by atoms with Crippen LogP contribution in [0.3, 0.4) is 0 Å². The first-order valence-electron chi connectivity index (χ1n) is 5.36. The highest BCUT2D eigenvalue weighted by molar-refractivity contribution is 5.85. The maximum Gasteiger partial charge on any atom is 0.376 e. The van der Waals surface area contributed by atoms with Gasteiger partial charge >= 0.3 is 5.97 Å². The Balaban J connectivity index is 1.96. The summed E-state index contributed by atoms with van der Waals surface area (Å²) in [5, 5.41) is 3.20. The number of rotatable bonds is 4. The molecule has 1 N–H and O–H groups in total. The average Bonchev–Trinajstić information content (AvgIpc) is 3.02. The van der Waals surface area contributed by atoms with Crippen molar-refractivity contribution >= 4 is 11.8 Å². The highest BCUT2D eigenvalue weighted by Crippen LogP contribution is 2.37. The molecule has 2 rings (SSSR count). The molecule has 0 aromatic carbocycles. The summed E-state index contributed by atoms with van der Waals surface area (Å²) < 4.78 is 4.55. The number of carbonyl (C=O) groups excluding carboxylic acids is 1. The van der Waals surface area contributed by atoms with Crippen molar-refractivity contribution in [3.05, 3.63) is 18.1 Å². The van der Waals surface area contributed by atoms with E-state index in [0.29, 0.717) is 5.82 Å². The average molecular weight is 221 g/mol. The lowest BCUT2D eigenvalue weighted by Crippen LogP contribution is -2.11. The molecule has 0 amide bonds. The van der Waals surface area contributed by atoms with Gasteiger partial charge in [0.15, 0.2) is 0 Å². The second-order valence-electron chi connectivity index (χ2n) is 4.11. The van der Waals surface area contributed by atoms with E-state index in [1.54, 1.807) is 12.3 Å². The zero-order chi connectivity index (χ0) is 11.5. The van der Waals surface area contributed by atoms with Gasteiger partial charge in [0.1, 0.15) is 5.82 Å². The molecule has 0 saturated heterocycles. The molecule has 1 aromatic rings. The molecule has 0 aliphatic heterocycles. The molecule has 1 saturated carbocycles. The Morgan fingerprint density at radius 1 is 1.69 bits per heavy atom. The Morgan fingerprint density at radius 2 is 2.44 bits per heavy atom. The lowest BCUT2D eigenvalue weighted by atomic mass is 10.3. The van der Waals surface area contributed by atoms with Gasteiger partial charge in [0.05, 0.1) is 7.11 Å². The van der Waals surface area contributed by atoms with Gasteiger partial charge in [0.25, 0.3) is 0 Å². The summed E-state index contributed by atoms with van der Waals surface area (Å²) in [6.07, 6.45) is 2.82. The van der Waals surface area contributed by atoms with Gasteiger partial charge in [0.2, 0.25) is 5.82 Å². The van der Waals surface area contributed by atoms with Crippen LogP contribution in [0, 0.1) is 11.8 Å². The molecule has 16 heavy (non-hydrogen) atoms. The van der Waals surface area contributed by atoms with Gasteiger partial charge in [-0.15, -0.1) is 0 Å². The third-order valence-electron chi connectivity index (χ3n) is 2.85. The van der Waals surface area contributed by atoms with Crippen LogP contribution in [-0.4, -0.2) is 29.6 Å². The number of anilines is 1. The summed E-state index contributed by atoms with van der Waals surface area (Å²) in [5.74, 6) is 1.79. The largest absolute Gasteiger partial charge is 0.463 e. The number of ether oxygens (including phenoxy) is 1. The molecule has 2 unspecified atom stereocenters. The highest BCUT2D eigenvalue weighted by atomic mass is 16.5. The topological polar surface area (TPSA) is 64.1 Å². The van der Waals surface area contributed by atoms with Crippen molar-refractivity contribution in [3.63, 3.8) is 0 Å². The third kappa shape index (κ3) is 2.48. The molecule has 1 aliphatic rings. The Morgan fingerprint density at radius 3 is 3.06 bits per heavy atom. The van der Waals surface area contributed by atoms with Gasteiger partial charge < -0.3 is 10.1 Å². The smallest absolute Gasteiger partial charge is 0.376 e. The van der Waals surface area contributed by atoms with Gasteiger partial charge in [-0.05, 0) is 24.3 Å². The minimum absolute atomic E-state index is 0.0938. The van der Waals surface area contributed by atoms with E-state index in [1.165, 1.54) is 13.5 Å². The third-order valence-corrected chi connectivity index (χ3v) is 2.85. The van der Waals surface area contributed by atoms with Crippen molar-refractivity contribution in [1.29, 1.82) is 0 Å². The minimum atomic E-state index is -0.511. The van der Waals surface area contributed by atoms with Crippen molar-refractivity contribution in [2.45, 2.75) is 13.3 Å². The monoisotopic (exact) mass is 221 g/mol. The van der Waals surface area contributed by atoms with Crippen LogP contribution in [0.15, 0.2) is 12.3 Å². The molecule has 5 heteroatoms. The number of hydrogen-bond donors (Lipinski definition) is 1. The van der Waals surface area contributed by atoms with Crippen LogP contribution in [-0.2, 0) is 4.74 Å². The quantitative estimate of drug-likeness (QED) is 0.777. The van der Waals surface area contributed by atoms with Crippen LogP contribution in [0.25, 0.3) is 0 Å². The summed E-state index contributed by atoms with van der Waals surface area (Å²) in [6, 6.07) is 1.75. The van der Waals surface area contributed by atoms with Gasteiger partial charge in [-0.1, -0.05) is 6.92 Å². The summed E-state index contributed by atoms with van der Waals surface area (Å²) in [7, 11) is 1.32. The molecule has 1 aromatic heterocycles. The van der Waals surface area contributed by atoms with Crippen LogP contribution in [0.2, 0.25) is 0 Å². The van der Waals surface area contributed by atoms with Gasteiger partial charge in [-0.2, -0.15) is 0 Å². The number of esters is 1. The number of nitrogens with one attached hydrogen (secondary N) is 1. The molecule has 1 heterocycles. The molecule has 1 fully saturated rings. The van der Waals surface area contributed by atoms with E-state index in [1.807, 2.05) is 0 Å². The van der Waals surface area contributed by atoms with E-state index in [9.17, 15) is 4.79 Å². The van der Waals surface area contributed by atoms with Crippen molar-refractivity contribution in [1.82, 2.24) is 9.97 Å². The Labute approximate surface area is 94.2 Å². The second-order valence-corrected chi connectivity index (χ2v) is 4.11. The molecular weight excluding hydrogens is 206 g/mol. The second kappa shape index (κ2) is 4.47. The molecule has 2 atom stereocenters. The van der Waals surface area contributed by atoms with Crippen LogP contribution in [0.4, 0.5) is 5.82 Å². The van der Waals surface area contributed by atoms with Crippen molar-refractivity contribution < 1.29 is 9.53 Å². The predicted molar refractivity (Wildman–Crippen MR) is 59.1 cm³/mol. The fraction of sp³-hybridized carbons (Fsp3) is 0.545. The first-order valence-corrected chi connectivity index (χ1v) is 5.36. The Bertz CT molecular complexity index is 395. The molecular formula is C11H15N3O2. The fourth-order valence-electron chi connectivity index (χ4n) is 1.57. The van der Waals surface area contributed by atoms with Crippen molar-refractivity contribution in [3.8, 4) is 0 Å². The van der Waals surface area contributed by atoms with E-state index in [0.717, 1.165) is 18.4 Å². The molecule has 86 valence electrons. The molecule has 0 bridgehead atoms. The van der Waals surface area contributed by atoms with E-state index in [-0.39, 0.29) is 5.82 Å². The lowest BCUT2D eigenvalue weighted by Gasteiger charge is -2.05. The first-order chi connectivity index (χ1) is 7.70. The lowest BCUT2D eigenvalue weighted by molar-refractivity contribution is 0.0587. The van der Waals surface area contributed by atoms with Gasteiger partial charge in [-0.3, -0.25) is 0 Å². The molecule has 5 nitrogen and oxygen atoms in total. The van der Waals surface area contributed by atoms with E-state index in [2.05, 4.69) is 26.9 Å². The maximum absolute atomic E-state index is 11.2. The van der Waals surface area contributed by atoms with Crippen LogP contribution < -0.4 is 5.32 Å². The number of nitrogens with zero attached hydrogens (tertiary/aromatic N) is 2. The zero-order valence-corrected chi connectivity index (χ0v) is 9.43. The van der Waals surface area contributed by atoms with E-state index < -0.39 is 5.97 Å². The number of aromatic nitrogens is 2. The van der Waals surface area contributed by atoms with Crippen LogP contribution >= 0.6 is 0 Å². The molecule has 0 radical (unpaired) electrons. The number of methoxy groups -OCH3 is 1. The Kier molecular flexibility index (Phi) is 3.03. The summed E-state index contributed by atoms with van der Waals surface area (Å²) in [5.41, 5.74) is 0. The van der Waals surface area contributed by atoms with E-state index >= 15 is 0 Å². The number of hydrogen-bond acceptors (Lipinski definition) is 5. The zero-order valence-electron chi connectivity index (χ0n) is 9.43. The van der Waals surface area contributed by atoms with Crippen LogP contribution in [0.5, 0.6) is 0 Å². The van der Waals surface area contributed by atoms with E-state index in [4.69, 9.17) is 0 Å². The maximum atomic E-state index is 11.2. The highest BCUT2D eigenvalue weighted by Gasteiger charge is 2.31. The SMILES string of the molecule is COC(=O)c1nccc(NCC2CC2C)n1. The number of carbonyl (C=O) groups is 1. The standard InChI is InChI=1S/C11H15N3O2/c1-7-5-8(7)6-13-9-3-4-12-10(14-9)11(15)16-2/h3-4,7-8H,5-6H2,1-2H3,(H,12,13,14). The van der Waals surface area contributed by atoms with Crippen molar-refractivity contribution in [2.75, 3.05) is 19.0 Å². The summed E-state index contributed by atoms with van der Waals surface area (Å²) in [4.78, 5) is 19.1. The molecule has 0 spiro atoms. The van der Waals surface area contributed by atoms with Gasteiger partial charge in [-0.25, -0.2) is 14.8 Å². The fourth-order valence-corrected chi connectivity index (χ4v) is 1.57.